The smallest absolute Gasteiger partial charge is 0.269 e. The van der Waals surface area contributed by atoms with Crippen molar-refractivity contribution in [2.75, 3.05) is 13.1 Å². The molecular weight excluding hydrogens is 374 g/mol. The Balaban J connectivity index is 1.62. The van der Waals surface area contributed by atoms with Crippen LogP contribution >= 0.6 is 11.3 Å². The summed E-state index contributed by atoms with van der Waals surface area (Å²) in [5.41, 5.74) is 1.25. The van der Waals surface area contributed by atoms with Crippen LogP contribution < -0.4 is 4.72 Å². The van der Waals surface area contributed by atoms with Crippen LogP contribution in [-0.4, -0.2) is 37.4 Å². The predicted octanol–water partition coefficient (Wildman–Crippen LogP) is 2.94. The monoisotopic (exact) mass is 395 g/mol. The second-order valence-corrected chi connectivity index (χ2v) is 9.14. The van der Waals surface area contributed by atoms with E-state index in [1.807, 2.05) is 0 Å². The fourth-order valence-electron chi connectivity index (χ4n) is 3.40. The van der Waals surface area contributed by atoms with E-state index in [0.717, 1.165) is 6.42 Å². The van der Waals surface area contributed by atoms with E-state index in [1.165, 1.54) is 34.7 Å². The molecule has 2 aromatic rings. The van der Waals surface area contributed by atoms with E-state index in [4.69, 9.17) is 0 Å². The van der Waals surface area contributed by atoms with Gasteiger partial charge in [0.1, 0.15) is 0 Å². The van der Waals surface area contributed by atoms with Crippen LogP contribution in [0.15, 0.2) is 40.6 Å². The van der Waals surface area contributed by atoms with Gasteiger partial charge in [0.25, 0.3) is 5.69 Å². The summed E-state index contributed by atoms with van der Waals surface area (Å²) in [7, 11) is -3.68. The number of nitrogens with zero attached hydrogens (tertiary/aromatic N) is 2. The zero-order chi connectivity index (χ0) is 18.9. The largest absolute Gasteiger partial charge is 0.291 e. The van der Waals surface area contributed by atoms with Gasteiger partial charge in [0.05, 0.1) is 9.82 Å². The first-order chi connectivity index (χ1) is 12.3. The second-order valence-electron chi connectivity index (χ2n) is 6.43. The summed E-state index contributed by atoms with van der Waals surface area (Å²) in [6.07, 6.45) is 0.971. The lowest BCUT2D eigenvalue weighted by molar-refractivity contribution is -0.384. The number of benzene rings is 1. The van der Waals surface area contributed by atoms with Gasteiger partial charge in [-0.15, -0.1) is 11.3 Å². The molecule has 1 aromatic heterocycles. The fraction of sp³-hybridized carbons (Fsp3) is 0.412. The molecule has 1 aliphatic heterocycles. The molecule has 140 valence electrons. The van der Waals surface area contributed by atoms with Crippen molar-refractivity contribution < 1.29 is 13.3 Å². The number of nitrogens with one attached hydrogen (secondary N) is 1. The summed E-state index contributed by atoms with van der Waals surface area (Å²) in [6.45, 7) is 5.19. The molecule has 2 atom stereocenters. The highest BCUT2D eigenvalue weighted by Gasteiger charge is 2.30. The van der Waals surface area contributed by atoms with Crippen LogP contribution in [0.1, 0.15) is 30.3 Å². The molecule has 0 bridgehead atoms. The average Bonchev–Trinajstić information content (AvgIpc) is 3.06. The Hall–Kier alpha value is -1.81. The first kappa shape index (κ1) is 19.0. The third-order valence-corrected chi connectivity index (χ3v) is 7.37. The molecule has 1 aliphatic rings. The SMILES string of the molecule is C[C@@H]1Cc2ccsc2[C@@H](C)N1CCNS(=O)(=O)c1ccc([N+](=O)[O-])cc1. The number of sulfonamides is 1. The summed E-state index contributed by atoms with van der Waals surface area (Å²) in [5, 5.41) is 12.8. The molecule has 3 rings (SSSR count). The summed E-state index contributed by atoms with van der Waals surface area (Å²) in [4.78, 5) is 13.8. The maximum atomic E-state index is 12.4. The van der Waals surface area contributed by atoms with E-state index in [2.05, 4.69) is 34.9 Å². The van der Waals surface area contributed by atoms with Gasteiger partial charge in [-0.3, -0.25) is 15.0 Å². The van der Waals surface area contributed by atoms with E-state index in [-0.39, 0.29) is 23.2 Å². The number of hydrogen-bond donors (Lipinski definition) is 1. The van der Waals surface area contributed by atoms with Gasteiger partial charge >= 0.3 is 0 Å². The van der Waals surface area contributed by atoms with Crippen molar-refractivity contribution in [3.63, 3.8) is 0 Å². The molecule has 0 saturated carbocycles. The number of nitro benzene ring substituents is 1. The van der Waals surface area contributed by atoms with Crippen LogP contribution in [0.4, 0.5) is 5.69 Å². The lowest BCUT2D eigenvalue weighted by atomic mass is 9.97. The molecule has 0 unspecified atom stereocenters. The number of fused-ring (bicyclic) bond motifs is 1. The highest BCUT2D eigenvalue weighted by molar-refractivity contribution is 7.89. The molecule has 9 heteroatoms. The van der Waals surface area contributed by atoms with Crippen molar-refractivity contribution >= 4 is 27.0 Å². The number of non-ortho nitro benzene ring substituents is 1. The van der Waals surface area contributed by atoms with E-state index < -0.39 is 14.9 Å². The van der Waals surface area contributed by atoms with Crippen LogP contribution in [0.3, 0.4) is 0 Å². The van der Waals surface area contributed by atoms with Crippen molar-refractivity contribution in [2.45, 2.75) is 37.2 Å². The standard InChI is InChI=1S/C17H21N3O4S2/c1-12-11-14-7-10-25-17(14)13(2)19(12)9-8-18-26(23,24)16-5-3-15(4-6-16)20(21)22/h3-7,10,12-13,18H,8-9,11H2,1-2H3/t12-,13-/m1/s1. The molecule has 0 aliphatic carbocycles. The summed E-state index contributed by atoms with van der Waals surface area (Å²) in [6, 6.07) is 7.67. The third-order valence-electron chi connectivity index (χ3n) is 4.76. The predicted molar refractivity (Wildman–Crippen MR) is 101 cm³/mol. The van der Waals surface area contributed by atoms with E-state index in [1.54, 1.807) is 11.3 Å². The highest BCUT2D eigenvalue weighted by Crippen LogP contribution is 2.35. The van der Waals surface area contributed by atoms with Crippen LogP contribution in [-0.2, 0) is 16.4 Å². The van der Waals surface area contributed by atoms with Crippen molar-refractivity contribution in [1.29, 1.82) is 0 Å². The van der Waals surface area contributed by atoms with Gasteiger partial charge in [-0.2, -0.15) is 0 Å². The Labute approximate surface area is 156 Å². The average molecular weight is 396 g/mol. The van der Waals surface area contributed by atoms with Crippen molar-refractivity contribution in [2.24, 2.45) is 0 Å². The molecule has 1 N–H and O–H groups in total. The Morgan fingerprint density at radius 3 is 2.62 bits per heavy atom. The van der Waals surface area contributed by atoms with Gasteiger partial charge < -0.3 is 0 Å². The Morgan fingerprint density at radius 2 is 1.96 bits per heavy atom. The van der Waals surface area contributed by atoms with E-state index in [9.17, 15) is 18.5 Å². The normalized spacial score (nSPS) is 20.7. The van der Waals surface area contributed by atoms with Gasteiger partial charge in [0.15, 0.2) is 0 Å². The zero-order valence-electron chi connectivity index (χ0n) is 14.6. The number of nitro groups is 1. The van der Waals surface area contributed by atoms with Gasteiger partial charge in [0.2, 0.25) is 10.0 Å². The molecule has 26 heavy (non-hydrogen) atoms. The number of thiophene rings is 1. The fourth-order valence-corrected chi connectivity index (χ4v) is 5.44. The molecule has 0 amide bonds. The van der Waals surface area contributed by atoms with Crippen molar-refractivity contribution in [1.82, 2.24) is 9.62 Å². The van der Waals surface area contributed by atoms with Crippen LogP contribution in [0.5, 0.6) is 0 Å². The molecule has 0 saturated heterocycles. The minimum Gasteiger partial charge on any atom is -0.291 e. The quantitative estimate of drug-likeness (QED) is 0.600. The summed E-state index contributed by atoms with van der Waals surface area (Å²) >= 11 is 1.74. The second kappa shape index (κ2) is 7.43. The molecule has 2 heterocycles. The van der Waals surface area contributed by atoms with Gasteiger partial charge in [0, 0.05) is 42.2 Å². The Kier molecular flexibility index (Phi) is 5.42. The zero-order valence-corrected chi connectivity index (χ0v) is 16.2. The molecule has 1 aromatic carbocycles. The summed E-state index contributed by atoms with van der Waals surface area (Å²) in [5.74, 6) is 0. The first-order valence-corrected chi connectivity index (χ1v) is 10.7. The topological polar surface area (TPSA) is 92.6 Å². The molecule has 0 fully saturated rings. The lowest BCUT2D eigenvalue weighted by Crippen LogP contribution is -2.44. The van der Waals surface area contributed by atoms with Gasteiger partial charge in [-0.05, 0) is 49.4 Å². The minimum absolute atomic E-state index is 0.0309. The summed E-state index contributed by atoms with van der Waals surface area (Å²) < 4.78 is 27.3. The highest BCUT2D eigenvalue weighted by atomic mass is 32.2. The first-order valence-electron chi connectivity index (χ1n) is 8.35. The van der Waals surface area contributed by atoms with E-state index >= 15 is 0 Å². The Morgan fingerprint density at radius 1 is 1.27 bits per heavy atom. The Bertz CT molecular complexity index is 893. The molecule has 0 radical (unpaired) electrons. The molecular formula is C17H21N3O4S2. The lowest BCUT2D eigenvalue weighted by Gasteiger charge is -2.38. The van der Waals surface area contributed by atoms with Crippen LogP contribution in [0.25, 0.3) is 0 Å². The van der Waals surface area contributed by atoms with E-state index in [0.29, 0.717) is 12.6 Å². The van der Waals surface area contributed by atoms with Gasteiger partial charge in [-0.25, -0.2) is 13.1 Å². The maximum Gasteiger partial charge on any atom is 0.269 e. The molecule has 7 nitrogen and oxygen atoms in total. The van der Waals surface area contributed by atoms with Crippen LogP contribution in [0, 0.1) is 10.1 Å². The van der Waals surface area contributed by atoms with Crippen molar-refractivity contribution in [3.05, 3.63) is 56.3 Å². The van der Waals surface area contributed by atoms with Crippen molar-refractivity contribution in [3.8, 4) is 0 Å². The van der Waals surface area contributed by atoms with Crippen LogP contribution in [0.2, 0.25) is 0 Å². The maximum absolute atomic E-state index is 12.4. The minimum atomic E-state index is -3.68. The number of hydrogen-bond acceptors (Lipinski definition) is 6. The third kappa shape index (κ3) is 3.80. The number of rotatable bonds is 6. The molecule has 0 spiro atoms. The van der Waals surface area contributed by atoms with Gasteiger partial charge in [-0.1, -0.05) is 0 Å².